The number of hydrogen-bond acceptors (Lipinski definition) is 7. The van der Waals surface area contributed by atoms with E-state index >= 15 is 0 Å². The van der Waals surface area contributed by atoms with Gasteiger partial charge in [0.1, 0.15) is 17.4 Å². The zero-order chi connectivity index (χ0) is 27.3. The van der Waals surface area contributed by atoms with Crippen LogP contribution in [0.15, 0.2) is 47.5 Å². The number of aliphatic hydroxyl groups excluding tert-OH is 1. The second-order valence-electron chi connectivity index (χ2n) is 9.49. The van der Waals surface area contributed by atoms with Crippen molar-refractivity contribution < 1.29 is 28.2 Å². The molecule has 0 bridgehead atoms. The summed E-state index contributed by atoms with van der Waals surface area (Å²) in [7, 11) is 2.96. The highest BCUT2D eigenvalue weighted by molar-refractivity contribution is 7.99. The molecule has 4 rings (SSSR count). The minimum absolute atomic E-state index is 0.284. The van der Waals surface area contributed by atoms with E-state index in [1.54, 1.807) is 19.2 Å². The van der Waals surface area contributed by atoms with E-state index in [1.165, 1.54) is 31.1 Å². The van der Waals surface area contributed by atoms with E-state index in [1.807, 2.05) is 6.07 Å². The second kappa shape index (κ2) is 12.6. The number of thioether (sulfide) groups is 1. The van der Waals surface area contributed by atoms with Crippen LogP contribution in [0, 0.1) is 17.0 Å². The number of piperidine rings is 1. The fraction of sp³-hybridized carbons (Fsp3) is 0.429. The van der Waals surface area contributed by atoms with Crippen LogP contribution >= 0.6 is 23.4 Å². The Kier molecular flexibility index (Phi) is 9.46. The number of likely N-dealkylation sites (tertiary alicyclic amines) is 1. The van der Waals surface area contributed by atoms with Gasteiger partial charge in [0, 0.05) is 34.3 Å². The number of rotatable bonds is 10. The molecule has 2 aromatic carbocycles. The molecule has 1 saturated heterocycles. The van der Waals surface area contributed by atoms with Crippen LogP contribution in [0.1, 0.15) is 37.4 Å². The molecule has 0 unspecified atom stereocenters. The normalized spacial score (nSPS) is 16.4. The number of aromatic nitrogens is 1. The van der Waals surface area contributed by atoms with Crippen LogP contribution in [0.3, 0.4) is 0 Å². The number of methoxy groups -OCH3 is 2. The van der Waals surface area contributed by atoms with Crippen molar-refractivity contribution in [3.05, 3.63) is 64.8 Å². The topological polar surface area (TPSA) is 71.9 Å². The van der Waals surface area contributed by atoms with Gasteiger partial charge in [-0.2, -0.15) is 0 Å². The first-order valence-electron chi connectivity index (χ1n) is 12.4. The predicted molar refractivity (Wildman–Crippen MR) is 145 cm³/mol. The second-order valence-corrected chi connectivity index (χ2v) is 11.0. The van der Waals surface area contributed by atoms with Crippen molar-refractivity contribution in [2.45, 2.75) is 36.7 Å². The number of aliphatic hydroxyl groups is 1. The lowest BCUT2D eigenvalue weighted by Crippen LogP contribution is -2.45. The van der Waals surface area contributed by atoms with Crippen LogP contribution in [0.5, 0.6) is 5.75 Å². The quantitative estimate of drug-likeness (QED) is 0.238. The minimum Gasteiger partial charge on any atom is -0.497 e. The summed E-state index contributed by atoms with van der Waals surface area (Å²) in [4.78, 5) is 19.8. The van der Waals surface area contributed by atoms with Crippen molar-refractivity contribution in [3.63, 3.8) is 0 Å². The maximum atomic E-state index is 13.9. The fourth-order valence-corrected chi connectivity index (χ4v) is 6.29. The Morgan fingerprint density at radius 1 is 1.21 bits per heavy atom. The van der Waals surface area contributed by atoms with Gasteiger partial charge in [-0.15, -0.1) is 11.8 Å². The van der Waals surface area contributed by atoms with Crippen molar-refractivity contribution >= 4 is 40.2 Å². The van der Waals surface area contributed by atoms with E-state index in [0.29, 0.717) is 83.2 Å². The number of pyridine rings is 1. The summed E-state index contributed by atoms with van der Waals surface area (Å²) in [5.41, 5.74) is 0.534. The van der Waals surface area contributed by atoms with E-state index in [9.17, 15) is 18.7 Å². The van der Waals surface area contributed by atoms with Gasteiger partial charge in [0.15, 0.2) is 0 Å². The Labute approximate surface area is 230 Å². The molecular formula is C28H31ClF2N2O4S. The largest absolute Gasteiger partial charge is 0.497 e. The third kappa shape index (κ3) is 6.39. The molecular weight excluding hydrogens is 534 g/mol. The third-order valence-corrected chi connectivity index (χ3v) is 8.60. The number of esters is 1. The van der Waals surface area contributed by atoms with Gasteiger partial charge < -0.3 is 19.5 Å². The number of carbonyl (C=O) groups is 1. The lowest BCUT2D eigenvalue weighted by molar-refractivity contribution is -0.157. The summed E-state index contributed by atoms with van der Waals surface area (Å²) in [6, 6.07) is 8.86. The van der Waals surface area contributed by atoms with Gasteiger partial charge in [0.25, 0.3) is 0 Å². The maximum Gasteiger partial charge on any atom is 0.311 e. The summed E-state index contributed by atoms with van der Waals surface area (Å²) in [6.45, 7) is 2.00. The summed E-state index contributed by atoms with van der Waals surface area (Å²) in [6.07, 6.45) is 2.52. The first-order chi connectivity index (χ1) is 18.3. The van der Waals surface area contributed by atoms with Crippen LogP contribution in [0.4, 0.5) is 8.78 Å². The Morgan fingerprint density at radius 3 is 2.68 bits per heavy atom. The van der Waals surface area contributed by atoms with Gasteiger partial charge in [0.05, 0.1) is 36.3 Å². The molecule has 0 spiro atoms. The Hall–Kier alpha value is -2.46. The predicted octanol–water partition coefficient (Wildman–Crippen LogP) is 6.04. The van der Waals surface area contributed by atoms with Gasteiger partial charge in [-0.25, -0.2) is 8.78 Å². The maximum absolute atomic E-state index is 13.9. The molecule has 0 amide bonds. The summed E-state index contributed by atoms with van der Waals surface area (Å²) >= 11 is 7.74. The minimum atomic E-state index is -0.905. The summed E-state index contributed by atoms with van der Waals surface area (Å²) < 4.78 is 37.8. The van der Waals surface area contributed by atoms with Crippen LogP contribution in [0.2, 0.25) is 5.02 Å². The average molecular weight is 565 g/mol. The fourth-order valence-electron chi connectivity index (χ4n) is 5.04. The van der Waals surface area contributed by atoms with Crippen LogP contribution in [-0.2, 0) is 9.53 Å². The Morgan fingerprint density at radius 2 is 1.97 bits per heavy atom. The molecule has 0 saturated carbocycles. The Bertz CT molecular complexity index is 1290. The molecule has 1 fully saturated rings. The molecule has 1 atom stereocenters. The SMILES string of the molecule is COC(=O)C1(CC[C@H](O)c2c(Cl)cnc3ccc(OC)cc23)CCN(CCSc2cc(F)ccc2F)CC1. The van der Waals surface area contributed by atoms with E-state index in [2.05, 4.69) is 9.88 Å². The number of hydrogen-bond donors (Lipinski definition) is 1. The highest BCUT2D eigenvalue weighted by atomic mass is 35.5. The molecule has 1 N–H and O–H groups in total. The number of ether oxygens (including phenoxy) is 2. The van der Waals surface area contributed by atoms with E-state index in [4.69, 9.17) is 21.1 Å². The van der Waals surface area contributed by atoms with E-state index in [-0.39, 0.29) is 5.97 Å². The van der Waals surface area contributed by atoms with Crippen LogP contribution in [-0.4, -0.2) is 60.6 Å². The first kappa shape index (κ1) is 28.5. The van der Waals surface area contributed by atoms with Gasteiger partial charge in [-0.1, -0.05) is 11.6 Å². The average Bonchev–Trinajstić information content (AvgIpc) is 2.93. The lowest BCUT2D eigenvalue weighted by Gasteiger charge is -2.40. The highest BCUT2D eigenvalue weighted by Crippen LogP contribution is 2.41. The molecule has 10 heteroatoms. The highest BCUT2D eigenvalue weighted by Gasteiger charge is 2.42. The molecule has 2 heterocycles. The van der Waals surface area contributed by atoms with Gasteiger partial charge >= 0.3 is 5.97 Å². The Balaban J connectivity index is 1.40. The van der Waals surface area contributed by atoms with Crippen molar-refractivity contribution in [1.82, 2.24) is 9.88 Å². The van der Waals surface area contributed by atoms with E-state index in [0.717, 1.165) is 12.1 Å². The molecule has 0 radical (unpaired) electrons. The number of carbonyl (C=O) groups excluding carboxylic acids is 1. The van der Waals surface area contributed by atoms with Crippen molar-refractivity contribution in [3.8, 4) is 5.75 Å². The van der Waals surface area contributed by atoms with Gasteiger partial charge in [-0.3, -0.25) is 9.78 Å². The molecule has 0 aliphatic carbocycles. The third-order valence-electron chi connectivity index (χ3n) is 7.29. The van der Waals surface area contributed by atoms with Crippen LogP contribution < -0.4 is 4.74 Å². The van der Waals surface area contributed by atoms with E-state index < -0.39 is 23.2 Å². The lowest BCUT2D eigenvalue weighted by atomic mass is 9.74. The van der Waals surface area contributed by atoms with Crippen LogP contribution in [0.25, 0.3) is 10.9 Å². The molecule has 1 aliphatic rings. The van der Waals surface area contributed by atoms with Gasteiger partial charge in [-0.05, 0) is 75.2 Å². The molecule has 1 aromatic heterocycles. The van der Waals surface area contributed by atoms with Crippen molar-refractivity contribution in [1.29, 1.82) is 0 Å². The zero-order valence-electron chi connectivity index (χ0n) is 21.4. The molecule has 6 nitrogen and oxygen atoms in total. The molecule has 3 aromatic rings. The zero-order valence-corrected chi connectivity index (χ0v) is 23.0. The smallest absolute Gasteiger partial charge is 0.311 e. The summed E-state index contributed by atoms with van der Waals surface area (Å²) in [5.74, 6) is 0.0528. The van der Waals surface area contributed by atoms with Crippen molar-refractivity contribution in [2.24, 2.45) is 5.41 Å². The summed E-state index contributed by atoms with van der Waals surface area (Å²) in [5, 5.41) is 12.3. The number of fused-ring (bicyclic) bond motifs is 1. The molecule has 38 heavy (non-hydrogen) atoms. The number of halogens is 3. The van der Waals surface area contributed by atoms with Gasteiger partial charge in [0.2, 0.25) is 0 Å². The standard InChI is InChI=1S/C28H31ClF2N2O4S/c1-36-19-4-6-23-20(16-19)26(21(29)17-32-23)24(34)7-8-28(27(35)37-2)9-11-33(12-10-28)13-14-38-25-15-18(30)3-5-22(25)31/h3-6,15-17,24,34H,7-14H2,1-2H3/t24-/m0/s1. The monoisotopic (exact) mass is 564 g/mol. The first-order valence-corrected chi connectivity index (χ1v) is 13.8. The molecule has 1 aliphatic heterocycles. The number of nitrogens with zero attached hydrogens (tertiary/aromatic N) is 2. The number of benzene rings is 2. The van der Waals surface area contributed by atoms with Crippen molar-refractivity contribution in [2.75, 3.05) is 39.6 Å². The molecule has 204 valence electrons.